The Morgan fingerprint density at radius 1 is 0.844 bits per heavy atom. The summed E-state index contributed by atoms with van der Waals surface area (Å²) in [6, 6.07) is -5.71. The molecular weight excluding hydrogens is 430 g/mol. The van der Waals surface area contributed by atoms with Gasteiger partial charge >= 0.3 is 11.9 Å². The van der Waals surface area contributed by atoms with Crippen molar-refractivity contribution in [1.82, 2.24) is 16.0 Å². The molecule has 0 saturated carbocycles. The van der Waals surface area contributed by atoms with Crippen molar-refractivity contribution in [3.05, 3.63) is 0 Å². The zero-order valence-electron chi connectivity index (χ0n) is 17.9. The third kappa shape index (κ3) is 11.2. The van der Waals surface area contributed by atoms with Gasteiger partial charge in [0.2, 0.25) is 23.6 Å². The number of aliphatic carboxylic acids is 2. The van der Waals surface area contributed by atoms with E-state index in [0.717, 1.165) is 0 Å². The molecule has 14 nitrogen and oxygen atoms in total. The van der Waals surface area contributed by atoms with Crippen molar-refractivity contribution in [2.45, 2.75) is 63.7 Å². The van der Waals surface area contributed by atoms with Gasteiger partial charge < -0.3 is 42.7 Å². The monoisotopic (exact) mass is 461 g/mol. The van der Waals surface area contributed by atoms with Crippen LogP contribution in [-0.4, -0.2) is 81.7 Å². The Kier molecular flexibility index (Phi) is 12.5. The molecule has 14 heteroatoms. The minimum atomic E-state index is -1.67. The van der Waals surface area contributed by atoms with E-state index in [9.17, 15) is 33.9 Å². The maximum Gasteiger partial charge on any atom is 0.326 e. The molecule has 182 valence electrons. The van der Waals surface area contributed by atoms with Crippen LogP contribution >= 0.6 is 0 Å². The molecule has 10 N–H and O–H groups in total. The minimum Gasteiger partial charge on any atom is -0.481 e. The second kappa shape index (κ2) is 13.9. The topological polar surface area (TPSA) is 251 Å². The molecule has 0 aliphatic rings. The number of nitrogens with one attached hydrogen (secondary N) is 3. The number of rotatable bonds is 15. The number of hydrogen-bond donors (Lipinski definition) is 8. The molecule has 0 aliphatic carbocycles. The molecule has 0 aromatic rings. The van der Waals surface area contributed by atoms with Crippen LogP contribution in [0.3, 0.4) is 0 Å². The molecule has 0 bridgehead atoms. The summed E-state index contributed by atoms with van der Waals surface area (Å²) < 4.78 is 0. The number of carboxylic acids is 2. The van der Waals surface area contributed by atoms with Crippen molar-refractivity contribution in [2.75, 3.05) is 6.61 Å². The first-order valence-electron chi connectivity index (χ1n) is 9.78. The standard InChI is InChI=1S/C18H31N5O9/c1-8(2)5-11(22-15(28)9(19)7-24)16(29)23-12(6-14(26)27)17(30)21-10(18(31)32)3-4-13(20)25/h8-12,24H,3-7,19H2,1-2H3,(H2,20,25)(H,21,30)(H,22,28)(H,23,29)(H,26,27)(H,31,32). The molecule has 0 fully saturated rings. The fraction of sp³-hybridized carbons (Fsp3) is 0.667. The van der Waals surface area contributed by atoms with Crippen LogP contribution in [0.25, 0.3) is 0 Å². The maximum atomic E-state index is 12.7. The van der Waals surface area contributed by atoms with Crippen LogP contribution in [0.1, 0.15) is 39.5 Å². The van der Waals surface area contributed by atoms with E-state index >= 15 is 0 Å². The molecule has 4 unspecified atom stereocenters. The summed E-state index contributed by atoms with van der Waals surface area (Å²) in [4.78, 5) is 70.5. The molecule has 0 aliphatic heterocycles. The highest BCUT2D eigenvalue weighted by molar-refractivity contribution is 5.95. The average Bonchev–Trinajstić information content (AvgIpc) is 2.67. The summed E-state index contributed by atoms with van der Waals surface area (Å²) in [7, 11) is 0. The number of carbonyl (C=O) groups is 6. The molecule has 0 saturated heterocycles. The van der Waals surface area contributed by atoms with Gasteiger partial charge in [-0.15, -0.1) is 0 Å². The van der Waals surface area contributed by atoms with E-state index in [2.05, 4.69) is 16.0 Å². The number of carboxylic acid groups (broad SMARTS) is 2. The largest absolute Gasteiger partial charge is 0.481 e. The van der Waals surface area contributed by atoms with Gasteiger partial charge in [-0.25, -0.2) is 4.79 Å². The van der Waals surface area contributed by atoms with Crippen LogP contribution in [0.2, 0.25) is 0 Å². The SMILES string of the molecule is CC(C)CC(NC(=O)C(N)CO)C(=O)NC(CC(=O)O)C(=O)NC(CCC(N)=O)C(=O)O. The van der Waals surface area contributed by atoms with E-state index in [1.807, 2.05) is 0 Å². The summed E-state index contributed by atoms with van der Waals surface area (Å²) in [5, 5.41) is 33.8. The van der Waals surface area contributed by atoms with Crippen LogP contribution in [0.5, 0.6) is 0 Å². The lowest BCUT2D eigenvalue weighted by atomic mass is 10.0. The van der Waals surface area contributed by atoms with Gasteiger partial charge in [0.05, 0.1) is 13.0 Å². The second-order valence-electron chi connectivity index (χ2n) is 7.54. The molecule has 4 amide bonds. The third-order valence-electron chi connectivity index (χ3n) is 4.18. The Morgan fingerprint density at radius 2 is 1.34 bits per heavy atom. The van der Waals surface area contributed by atoms with Crippen LogP contribution in [0.15, 0.2) is 0 Å². The summed E-state index contributed by atoms with van der Waals surface area (Å²) in [6.45, 7) is 2.82. The zero-order valence-corrected chi connectivity index (χ0v) is 17.9. The van der Waals surface area contributed by atoms with Gasteiger partial charge in [-0.2, -0.15) is 0 Å². The molecular formula is C18H31N5O9. The fourth-order valence-corrected chi connectivity index (χ4v) is 2.54. The maximum absolute atomic E-state index is 12.7. The summed E-state index contributed by atoms with van der Waals surface area (Å²) in [5.41, 5.74) is 10.4. The van der Waals surface area contributed by atoms with Crippen LogP contribution < -0.4 is 27.4 Å². The van der Waals surface area contributed by atoms with E-state index < -0.39 is 72.8 Å². The highest BCUT2D eigenvalue weighted by Gasteiger charge is 2.31. The fourth-order valence-electron chi connectivity index (χ4n) is 2.54. The number of primary amides is 1. The first kappa shape index (κ1) is 28.7. The van der Waals surface area contributed by atoms with Crippen molar-refractivity contribution in [1.29, 1.82) is 0 Å². The number of nitrogens with two attached hydrogens (primary N) is 2. The summed E-state index contributed by atoms with van der Waals surface area (Å²) in [6.07, 6.45) is -1.46. The van der Waals surface area contributed by atoms with E-state index in [1.165, 1.54) is 0 Å². The molecule has 0 rings (SSSR count). The normalized spacial score (nSPS) is 14.5. The minimum absolute atomic E-state index is 0.103. The van der Waals surface area contributed by atoms with Crippen LogP contribution in [0.4, 0.5) is 0 Å². The van der Waals surface area contributed by atoms with E-state index in [0.29, 0.717) is 0 Å². The molecule has 4 atom stereocenters. The van der Waals surface area contributed by atoms with E-state index in [1.54, 1.807) is 13.8 Å². The first-order valence-corrected chi connectivity index (χ1v) is 9.78. The zero-order chi connectivity index (χ0) is 25.0. The van der Waals surface area contributed by atoms with Crippen molar-refractivity contribution in [2.24, 2.45) is 17.4 Å². The van der Waals surface area contributed by atoms with Gasteiger partial charge in [-0.05, 0) is 18.8 Å². The second-order valence-corrected chi connectivity index (χ2v) is 7.54. The quantitative estimate of drug-likeness (QED) is 0.120. The lowest BCUT2D eigenvalue weighted by Gasteiger charge is -2.25. The smallest absolute Gasteiger partial charge is 0.326 e. The predicted octanol–water partition coefficient (Wildman–Crippen LogP) is -3.37. The lowest BCUT2D eigenvalue weighted by Crippen LogP contribution is -2.58. The highest BCUT2D eigenvalue weighted by atomic mass is 16.4. The van der Waals surface area contributed by atoms with Crippen molar-refractivity contribution in [3.8, 4) is 0 Å². The van der Waals surface area contributed by atoms with Crippen molar-refractivity contribution in [3.63, 3.8) is 0 Å². The lowest BCUT2D eigenvalue weighted by molar-refractivity contribution is -0.144. The molecule has 0 aromatic heterocycles. The molecule has 32 heavy (non-hydrogen) atoms. The van der Waals surface area contributed by atoms with Gasteiger partial charge in [-0.3, -0.25) is 24.0 Å². The van der Waals surface area contributed by atoms with E-state index in [4.69, 9.17) is 21.7 Å². The number of aliphatic hydroxyl groups is 1. The summed E-state index contributed by atoms with van der Waals surface area (Å²) >= 11 is 0. The number of amides is 4. The molecule has 0 aromatic carbocycles. The van der Waals surface area contributed by atoms with Gasteiger partial charge in [0, 0.05) is 6.42 Å². The highest BCUT2D eigenvalue weighted by Crippen LogP contribution is 2.07. The van der Waals surface area contributed by atoms with Crippen molar-refractivity contribution < 1.29 is 44.1 Å². The van der Waals surface area contributed by atoms with Crippen molar-refractivity contribution >= 4 is 35.6 Å². The van der Waals surface area contributed by atoms with E-state index in [-0.39, 0.29) is 25.2 Å². The summed E-state index contributed by atoms with van der Waals surface area (Å²) in [5.74, 6) is -6.68. The Balaban J connectivity index is 5.49. The Labute approximate surface area is 184 Å². The van der Waals surface area contributed by atoms with Crippen LogP contribution in [0, 0.1) is 5.92 Å². The van der Waals surface area contributed by atoms with Crippen LogP contribution in [-0.2, 0) is 28.8 Å². The van der Waals surface area contributed by atoms with Gasteiger partial charge in [0.25, 0.3) is 0 Å². The Hall–Kier alpha value is -3.26. The Morgan fingerprint density at radius 3 is 1.78 bits per heavy atom. The van der Waals surface area contributed by atoms with Gasteiger partial charge in [-0.1, -0.05) is 13.8 Å². The predicted molar refractivity (Wildman–Crippen MR) is 109 cm³/mol. The molecule has 0 spiro atoms. The number of carbonyl (C=O) groups excluding carboxylic acids is 4. The molecule has 0 radical (unpaired) electrons. The Bertz CT molecular complexity index is 713. The van der Waals surface area contributed by atoms with Gasteiger partial charge in [0.15, 0.2) is 0 Å². The number of hydrogen-bond acceptors (Lipinski definition) is 8. The van der Waals surface area contributed by atoms with Gasteiger partial charge in [0.1, 0.15) is 24.2 Å². The third-order valence-corrected chi connectivity index (χ3v) is 4.18. The molecule has 0 heterocycles. The average molecular weight is 461 g/mol. The number of aliphatic hydroxyl groups excluding tert-OH is 1. The first-order chi connectivity index (χ1) is 14.8.